The number of nitrogens with zero attached hydrogens (tertiary/aromatic N) is 1. The van der Waals surface area contributed by atoms with Crippen LogP contribution in [0, 0.1) is 12.3 Å². The molecule has 0 aromatic carbocycles. The van der Waals surface area contributed by atoms with E-state index < -0.39 is 0 Å². The molecule has 0 bridgehead atoms. The van der Waals surface area contributed by atoms with Gasteiger partial charge in [0.2, 0.25) is 0 Å². The number of pyridine rings is 1. The monoisotopic (exact) mass is 291 g/mol. The number of aromatic nitrogens is 1. The first kappa shape index (κ1) is 14.8. The van der Waals surface area contributed by atoms with E-state index in [0.717, 1.165) is 22.2 Å². The number of carbonyl (C=O) groups excluding carboxylic acids is 1. The Kier molecular flexibility index (Phi) is 3.99. The van der Waals surface area contributed by atoms with Gasteiger partial charge in [-0.3, -0.25) is 4.79 Å². The standard InChI is InChI=1S/C15H21N3OS/c1-9-5-7-18-14-10(9)11(16)12(20-14)13(19)17-8-6-15(2,3)4/h5,7H,6,8,16H2,1-4H3,(H,17,19). The van der Waals surface area contributed by atoms with Crippen molar-refractivity contribution in [3.8, 4) is 0 Å². The largest absolute Gasteiger partial charge is 0.397 e. The smallest absolute Gasteiger partial charge is 0.263 e. The first-order valence-corrected chi connectivity index (χ1v) is 7.53. The molecule has 0 saturated carbocycles. The van der Waals surface area contributed by atoms with Gasteiger partial charge in [-0.15, -0.1) is 11.3 Å². The second kappa shape index (κ2) is 5.40. The van der Waals surface area contributed by atoms with E-state index >= 15 is 0 Å². The fourth-order valence-electron chi connectivity index (χ4n) is 2.00. The van der Waals surface area contributed by atoms with E-state index in [4.69, 9.17) is 5.73 Å². The lowest BCUT2D eigenvalue weighted by atomic mass is 9.92. The van der Waals surface area contributed by atoms with Crippen molar-refractivity contribution in [1.82, 2.24) is 10.3 Å². The molecule has 2 rings (SSSR count). The Morgan fingerprint density at radius 3 is 2.75 bits per heavy atom. The van der Waals surface area contributed by atoms with Crippen molar-refractivity contribution in [2.24, 2.45) is 5.41 Å². The van der Waals surface area contributed by atoms with Gasteiger partial charge >= 0.3 is 0 Å². The SMILES string of the molecule is Cc1ccnc2sc(C(=O)NCCC(C)(C)C)c(N)c12. The van der Waals surface area contributed by atoms with Crippen LogP contribution in [0.2, 0.25) is 0 Å². The molecule has 0 aliphatic heterocycles. The molecule has 0 saturated heterocycles. The normalized spacial score (nSPS) is 11.8. The maximum atomic E-state index is 12.2. The Balaban J connectivity index is 2.19. The number of anilines is 1. The molecular formula is C15H21N3OS. The number of nitrogens with two attached hydrogens (primary N) is 1. The quantitative estimate of drug-likeness (QED) is 0.911. The summed E-state index contributed by atoms with van der Waals surface area (Å²) < 4.78 is 0. The van der Waals surface area contributed by atoms with E-state index in [-0.39, 0.29) is 11.3 Å². The predicted molar refractivity (Wildman–Crippen MR) is 85.2 cm³/mol. The molecule has 0 fully saturated rings. The summed E-state index contributed by atoms with van der Waals surface area (Å²) in [6.45, 7) is 9.09. The number of hydrogen-bond acceptors (Lipinski definition) is 4. The third-order valence-electron chi connectivity index (χ3n) is 3.20. The van der Waals surface area contributed by atoms with Gasteiger partial charge in [0.25, 0.3) is 5.91 Å². The highest BCUT2D eigenvalue weighted by molar-refractivity contribution is 7.21. The zero-order chi connectivity index (χ0) is 14.9. The second-order valence-corrected chi connectivity index (χ2v) is 7.22. The van der Waals surface area contributed by atoms with Crippen LogP contribution >= 0.6 is 11.3 Å². The van der Waals surface area contributed by atoms with Gasteiger partial charge in [-0.2, -0.15) is 0 Å². The molecule has 108 valence electrons. The summed E-state index contributed by atoms with van der Waals surface area (Å²) in [5.41, 5.74) is 7.91. The van der Waals surface area contributed by atoms with Gasteiger partial charge < -0.3 is 11.1 Å². The van der Waals surface area contributed by atoms with Gasteiger partial charge in [0.1, 0.15) is 9.71 Å². The van der Waals surface area contributed by atoms with Crippen molar-refractivity contribution in [2.45, 2.75) is 34.1 Å². The van der Waals surface area contributed by atoms with Gasteiger partial charge in [-0.25, -0.2) is 4.98 Å². The van der Waals surface area contributed by atoms with Crippen molar-refractivity contribution in [2.75, 3.05) is 12.3 Å². The summed E-state index contributed by atoms with van der Waals surface area (Å²) in [5.74, 6) is -0.103. The molecule has 2 heterocycles. The van der Waals surface area contributed by atoms with Crippen molar-refractivity contribution in [1.29, 1.82) is 0 Å². The lowest BCUT2D eigenvalue weighted by Crippen LogP contribution is -2.27. The van der Waals surface area contributed by atoms with Crippen molar-refractivity contribution >= 4 is 33.1 Å². The average Bonchev–Trinajstić information content (AvgIpc) is 2.66. The molecule has 4 nitrogen and oxygen atoms in total. The van der Waals surface area contributed by atoms with E-state index in [1.165, 1.54) is 11.3 Å². The van der Waals surface area contributed by atoms with Crippen LogP contribution in [-0.2, 0) is 0 Å². The summed E-state index contributed by atoms with van der Waals surface area (Å²) >= 11 is 1.36. The summed E-state index contributed by atoms with van der Waals surface area (Å²) in [7, 11) is 0. The van der Waals surface area contributed by atoms with Crippen LogP contribution in [0.3, 0.4) is 0 Å². The van der Waals surface area contributed by atoms with Crippen molar-refractivity contribution in [3.63, 3.8) is 0 Å². The highest BCUT2D eigenvalue weighted by Gasteiger charge is 2.18. The first-order chi connectivity index (χ1) is 9.29. The van der Waals surface area contributed by atoms with Crippen LogP contribution in [0.15, 0.2) is 12.3 Å². The van der Waals surface area contributed by atoms with Crippen LogP contribution in [0.4, 0.5) is 5.69 Å². The Morgan fingerprint density at radius 1 is 1.45 bits per heavy atom. The highest BCUT2D eigenvalue weighted by atomic mass is 32.1. The minimum Gasteiger partial charge on any atom is -0.397 e. The van der Waals surface area contributed by atoms with Gasteiger partial charge in [0, 0.05) is 18.1 Å². The number of fused-ring (bicyclic) bond motifs is 1. The number of thiophene rings is 1. The summed E-state index contributed by atoms with van der Waals surface area (Å²) in [5, 5.41) is 3.84. The minimum atomic E-state index is -0.103. The lowest BCUT2D eigenvalue weighted by Gasteiger charge is -2.17. The second-order valence-electron chi connectivity index (χ2n) is 6.22. The first-order valence-electron chi connectivity index (χ1n) is 6.71. The molecule has 2 aromatic heterocycles. The van der Waals surface area contributed by atoms with Crippen LogP contribution in [0.1, 0.15) is 42.4 Å². The Bertz CT molecular complexity index is 640. The molecule has 0 aliphatic carbocycles. The fourth-order valence-corrected chi connectivity index (χ4v) is 3.06. The lowest BCUT2D eigenvalue weighted by molar-refractivity contribution is 0.0954. The van der Waals surface area contributed by atoms with E-state index in [9.17, 15) is 4.79 Å². The fraction of sp³-hybridized carbons (Fsp3) is 0.467. The van der Waals surface area contributed by atoms with Gasteiger partial charge in [0.15, 0.2) is 0 Å². The Labute approximate surface area is 123 Å². The van der Waals surface area contributed by atoms with Crippen molar-refractivity contribution < 1.29 is 4.79 Å². The number of rotatable bonds is 3. The van der Waals surface area contributed by atoms with Gasteiger partial charge in [-0.1, -0.05) is 20.8 Å². The molecular weight excluding hydrogens is 270 g/mol. The summed E-state index contributed by atoms with van der Waals surface area (Å²) in [4.78, 5) is 17.9. The highest BCUT2D eigenvalue weighted by Crippen LogP contribution is 2.34. The molecule has 0 aliphatic rings. The Hall–Kier alpha value is -1.62. The number of amides is 1. The van der Waals surface area contributed by atoms with Crippen LogP contribution in [0.25, 0.3) is 10.2 Å². The molecule has 1 amide bonds. The molecule has 5 heteroatoms. The van der Waals surface area contributed by atoms with E-state index in [2.05, 4.69) is 31.1 Å². The van der Waals surface area contributed by atoms with Crippen LogP contribution < -0.4 is 11.1 Å². The summed E-state index contributed by atoms with van der Waals surface area (Å²) in [6.07, 6.45) is 2.68. The Morgan fingerprint density at radius 2 is 2.15 bits per heavy atom. The molecule has 20 heavy (non-hydrogen) atoms. The number of nitrogen functional groups attached to an aromatic ring is 1. The average molecular weight is 291 g/mol. The van der Waals surface area contributed by atoms with E-state index in [1.807, 2.05) is 13.0 Å². The van der Waals surface area contributed by atoms with Gasteiger partial charge in [-0.05, 0) is 30.4 Å². The van der Waals surface area contributed by atoms with Crippen LogP contribution in [0.5, 0.6) is 0 Å². The maximum Gasteiger partial charge on any atom is 0.263 e. The third-order valence-corrected chi connectivity index (χ3v) is 4.32. The van der Waals surface area contributed by atoms with Gasteiger partial charge in [0.05, 0.1) is 5.69 Å². The third kappa shape index (κ3) is 3.10. The number of nitrogens with one attached hydrogen (secondary N) is 1. The van der Waals surface area contributed by atoms with E-state index in [1.54, 1.807) is 6.20 Å². The number of hydrogen-bond donors (Lipinski definition) is 2. The number of carbonyl (C=O) groups is 1. The molecule has 0 spiro atoms. The molecule has 3 N–H and O–H groups in total. The number of aryl methyl sites for hydroxylation is 1. The maximum absolute atomic E-state index is 12.2. The molecule has 0 unspecified atom stereocenters. The zero-order valence-electron chi connectivity index (χ0n) is 12.4. The minimum absolute atomic E-state index is 0.103. The topological polar surface area (TPSA) is 68.0 Å². The predicted octanol–water partition coefficient (Wildman–Crippen LogP) is 3.35. The molecule has 0 radical (unpaired) electrons. The molecule has 2 aromatic rings. The van der Waals surface area contributed by atoms with Crippen molar-refractivity contribution in [3.05, 3.63) is 22.7 Å². The van der Waals surface area contributed by atoms with Crippen LogP contribution in [-0.4, -0.2) is 17.4 Å². The van der Waals surface area contributed by atoms with E-state index in [0.29, 0.717) is 17.1 Å². The molecule has 0 atom stereocenters. The summed E-state index contributed by atoms with van der Waals surface area (Å²) in [6, 6.07) is 1.91. The zero-order valence-corrected chi connectivity index (χ0v) is 13.2.